The summed E-state index contributed by atoms with van der Waals surface area (Å²) < 4.78 is 65.1. The lowest BCUT2D eigenvalue weighted by atomic mass is 9.83. The zero-order valence-electron chi connectivity index (χ0n) is 36.3. The van der Waals surface area contributed by atoms with Crippen LogP contribution in [0.25, 0.3) is 76.1 Å². The van der Waals surface area contributed by atoms with E-state index in [1.165, 1.54) is 0 Å². The standard InChI is InChI=1S/C62H38F4N2/c63-59-57-53-37-51(39-29-33-45(34-30-39)67(41-17-5-1-6-18-41)42-19-7-2-8-20-42)47-25-13-15-27-49(47)55(53)56-50-28-16-14-26-48(50)52(38-54(56)58(57)60(64)62(66)61(59)65)40-31-35-46(36-32-40)68(43-21-9-3-10-22-43)44-23-11-4-12-24-44/h1-38H. The van der Waals surface area contributed by atoms with Crippen molar-refractivity contribution in [3.63, 3.8) is 0 Å². The van der Waals surface area contributed by atoms with Gasteiger partial charge in [-0.1, -0.05) is 146 Å². The van der Waals surface area contributed by atoms with Crippen molar-refractivity contribution in [3.05, 3.63) is 254 Å². The molecular formula is C62H38F4N2. The fourth-order valence-electron chi connectivity index (χ4n) is 10.1. The van der Waals surface area contributed by atoms with Crippen LogP contribution in [0.3, 0.4) is 0 Å². The highest BCUT2D eigenvalue weighted by Crippen LogP contribution is 2.49. The van der Waals surface area contributed by atoms with E-state index in [0.29, 0.717) is 10.8 Å². The SMILES string of the molecule is Fc1c(F)c(F)c2c3cc(-c4ccc(N(c5ccccc5)c5ccccc5)cc4)c4ccccc4c3c3c4ccccc4c(-c4ccc(N(c5ccccc5)c5ccccc5)cc4)cc3c2c1F. The molecule has 12 rings (SSSR count). The molecule has 68 heavy (non-hydrogen) atoms. The molecular weight excluding hydrogens is 849 g/mol. The summed E-state index contributed by atoms with van der Waals surface area (Å²) in [5.74, 6) is -6.58. The van der Waals surface area contributed by atoms with E-state index in [1.807, 2.05) is 182 Å². The number of hydrogen-bond donors (Lipinski definition) is 0. The van der Waals surface area contributed by atoms with Gasteiger partial charge in [0.25, 0.3) is 0 Å². The predicted molar refractivity (Wildman–Crippen MR) is 274 cm³/mol. The Morgan fingerprint density at radius 1 is 0.221 bits per heavy atom. The molecule has 0 atom stereocenters. The first-order valence-corrected chi connectivity index (χ1v) is 22.4. The number of anilines is 6. The summed E-state index contributed by atoms with van der Waals surface area (Å²) in [4.78, 5) is 4.32. The van der Waals surface area contributed by atoms with Crippen molar-refractivity contribution in [2.24, 2.45) is 0 Å². The molecule has 0 bridgehead atoms. The summed E-state index contributed by atoms with van der Waals surface area (Å²) in [6, 6.07) is 75.8. The van der Waals surface area contributed by atoms with Gasteiger partial charge in [0.1, 0.15) is 0 Å². The largest absolute Gasteiger partial charge is 0.311 e. The molecule has 0 aliphatic heterocycles. The van der Waals surface area contributed by atoms with Crippen molar-refractivity contribution in [2.75, 3.05) is 9.80 Å². The molecule has 12 aromatic rings. The minimum atomic E-state index is -1.85. The number of para-hydroxylation sites is 4. The van der Waals surface area contributed by atoms with E-state index in [-0.39, 0.29) is 21.5 Å². The van der Waals surface area contributed by atoms with E-state index in [4.69, 9.17) is 0 Å². The fraction of sp³-hybridized carbons (Fsp3) is 0. The summed E-state index contributed by atoms with van der Waals surface area (Å²) >= 11 is 0. The summed E-state index contributed by atoms with van der Waals surface area (Å²) in [5, 5.41) is 4.42. The van der Waals surface area contributed by atoms with Crippen LogP contribution in [0.1, 0.15) is 0 Å². The Hall–Kier alpha value is -8.74. The lowest BCUT2D eigenvalue weighted by Crippen LogP contribution is -2.09. The van der Waals surface area contributed by atoms with Crippen LogP contribution in [0.4, 0.5) is 51.7 Å². The summed E-state index contributed by atoms with van der Waals surface area (Å²) in [5.41, 5.74) is 8.86. The molecule has 0 spiro atoms. The molecule has 324 valence electrons. The molecule has 0 saturated heterocycles. The Labute approximate surface area is 389 Å². The molecule has 12 aromatic carbocycles. The van der Waals surface area contributed by atoms with Crippen LogP contribution in [0, 0.1) is 23.3 Å². The lowest BCUT2D eigenvalue weighted by molar-refractivity contribution is 0.418. The van der Waals surface area contributed by atoms with E-state index in [1.54, 1.807) is 0 Å². The molecule has 6 heteroatoms. The van der Waals surface area contributed by atoms with E-state index < -0.39 is 23.3 Å². The second-order valence-corrected chi connectivity index (χ2v) is 16.9. The van der Waals surface area contributed by atoms with Crippen LogP contribution < -0.4 is 9.80 Å². The Morgan fingerprint density at radius 2 is 0.485 bits per heavy atom. The normalized spacial score (nSPS) is 11.5. The zero-order chi connectivity index (χ0) is 45.9. The third-order valence-corrected chi connectivity index (χ3v) is 13.1. The van der Waals surface area contributed by atoms with Crippen molar-refractivity contribution in [1.29, 1.82) is 0 Å². The van der Waals surface area contributed by atoms with Gasteiger partial charge in [-0.3, -0.25) is 0 Å². The first-order chi connectivity index (χ1) is 33.4. The smallest absolute Gasteiger partial charge is 0.198 e. The van der Waals surface area contributed by atoms with Crippen molar-refractivity contribution < 1.29 is 17.6 Å². The highest BCUT2D eigenvalue weighted by molar-refractivity contribution is 6.38. The van der Waals surface area contributed by atoms with Crippen LogP contribution in [0.2, 0.25) is 0 Å². The highest BCUT2D eigenvalue weighted by atomic mass is 19.2. The van der Waals surface area contributed by atoms with Crippen LogP contribution in [0.15, 0.2) is 231 Å². The van der Waals surface area contributed by atoms with E-state index in [9.17, 15) is 0 Å². The second kappa shape index (κ2) is 16.6. The first kappa shape index (κ1) is 40.7. The van der Waals surface area contributed by atoms with Gasteiger partial charge in [0.2, 0.25) is 0 Å². The van der Waals surface area contributed by atoms with Crippen molar-refractivity contribution in [3.8, 4) is 22.3 Å². The third kappa shape index (κ3) is 6.64. The number of benzene rings is 12. The van der Waals surface area contributed by atoms with E-state index >= 15 is 17.6 Å². The molecule has 0 heterocycles. The summed E-state index contributed by atoms with van der Waals surface area (Å²) in [6.45, 7) is 0. The van der Waals surface area contributed by atoms with E-state index in [2.05, 4.69) is 58.3 Å². The van der Waals surface area contributed by atoms with Crippen LogP contribution in [0.5, 0.6) is 0 Å². The van der Waals surface area contributed by atoms with Gasteiger partial charge in [-0.05, 0) is 150 Å². The second-order valence-electron chi connectivity index (χ2n) is 16.9. The minimum Gasteiger partial charge on any atom is -0.311 e. The molecule has 0 N–H and O–H groups in total. The minimum absolute atomic E-state index is 0.278. The van der Waals surface area contributed by atoms with Gasteiger partial charge in [0.15, 0.2) is 23.3 Å². The maximum Gasteiger partial charge on any atom is 0.198 e. The average molecular weight is 887 g/mol. The van der Waals surface area contributed by atoms with Gasteiger partial charge in [-0.25, -0.2) is 17.6 Å². The Bertz CT molecular complexity index is 3530. The van der Waals surface area contributed by atoms with Crippen molar-refractivity contribution >= 4 is 88.0 Å². The van der Waals surface area contributed by atoms with Gasteiger partial charge in [0, 0.05) is 44.9 Å². The van der Waals surface area contributed by atoms with Gasteiger partial charge in [0.05, 0.1) is 0 Å². The average Bonchev–Trinajstić information content (AvgIpc) is 3.40. The molecule has 0 unspecified atom stereocenters. The number of halogens is 4. The topological polar surface area (TPSA) is 6.48 Å². The van der Waals surface area contributed by atoms with Crippen molar-refractivity contribution in [1.82, 2.24) is 0 Å². The maximum atomic E-state index is 16.8. The van der Waals surface area contributed by atoms with Crippen LogP contribution >= 0.6 is 0 Å². The quantitative estimate of drug-likeness (QED) is 0.0649. The number of fused-ring (bicyclic) bond motifs is 10. The van der Waals surface area contributed by atoms with Gasteiger partial charge in [-0.15, -0.1) is 0 Å². The Balaban J connectivity index is 1.10. The molecule has 0 saturated carbocycles. The monoisotopic (exact) mass is 886 g/mol. The molecule has 0 fully saturated rings. The molecule has 0 radical (unpaired) electrons. The highest BCUT2D eigenvalue weighted by Gasteiger charge is 2.28. The summed E-state index contributed by atoms with van der Waals surface area (Å²) in [6.07, 6.45) is 0. The zero-order valence-corrected chi connectivity index (χ0v) is 36.3. The van der Waals surface area contributed by atoms with Crippen molar-refractivity contribution in [2.45, 2.75) is 0 Å². The van der Waals surface area contributed by atoms with Crippen LogP contribution in [-0.2, 0) is 0 Å². The van der Waals surface area contributed by atoms with Gasteiger partial charge in [-0.2, -0.15) is 0 Å². The van der Waals surface area contributed by atoms with E-state index in [0.717, 1.165) is 77.9 Å². The van der Waals surface area contributed by atoms with Gasteiger partial charge >= 0.3 is 0 Å². The number of rotatable bonds is 8. The Morgan fingerprint density at radius 3 is 0.794 bits per heavy atom. The molecule has 0 aliphatic carbocycles. The Kier molecular flexibility index (Phi) is 9.95. The predicted octanol–water partition coefficient (Wildman–Crippen LogP) is 18.3. The molecule has 0 aromatic heterocycles. The van der Waals surface area contributed by atoms with Crippen LogP contribution in [-0.4, -0.2) is 0 Å². The molecule has 0 aliphatic rings. The third-order valence-electron chi connectivity index (χ3n) is 13.1. The van der Waals surface area contributed by atoms with Gasteiger partial charge < -0.3 is 9.80 Å². The molecule has 2 nitrogen and oxygen atoms in total. The fourth-order valence-corrected chi connectivity index (χ4v) is 10.1. The number of hydrogen-bond acceptors (Lipinski definition) is 2. The summed E-state index contributed by atoms with van der Waals surface area (Å²) in [7, 11) is 0. The number of nitrogens with zero attached hydrogens (tertiary/aromatic N) is 2. The molecule has 0 amide bonds. The lowest BCUT2D eigenvalue weighted by Gasteiger charge is -2.26. The maximum absolute atomic E-state index is 16.8. The first-order valence-electron chi connectivity index (χ1n) is 22.4.